The normalized spacial score (nSPS) is 16.8. The molecule has 2 N–H and O–H groups in total. The molecule has 0 unspecified atom stereocenters. The lowest BCUT2D eigenvalue weighted by molar-refractivity contribution is 0.292. The Labute approximate surface area is 118 Å². The molecule has 0 aromatic heterocycles. The fourth-order valence-electron chi connectivity index (χ4n) is 2.56. The highest BCUT2D eigenvalue weighted by atomic mass is 32.1. The summed E-state index contributed by atoms with van der Waals surface area (Å²) in [6.45, 7) is 8.78. The monoisotopic (exact) mass is 271 g/mol. The molecule has 0 atom stereocenters. The van der Waals surface area contributed by atoms with Gasteiger partial charge in [-0.3, -0.25) is 0 Å². The van der Waals surface area contributed by atoms with E-state index in [0.29, 0.717) is 6.04 Å². The molecular weight excluding hydrogens is 242 g/mol. The van der Waals surface area contributed by atoms with Crippen molar-refractivity contribution >= 4 is 17.3 Å². The van der Waals surface area contributed by atoms with Crippen LogP contribution in [0.4, 0.5) is 0 Å². The molecule has 4 heteroatoms. The number of hydrogen-bond acceptors (Lipinski definition) is 2. The van der Waals surface area contributed by atoms with Crippen molar-refractivity contribution in [3.05, 3.63) is 0 Å². The molecule has 0 aliphatic heterocycles. The SMILES string of the molecule is CCCN(CC)CCNC(=S)NC1CCCCC1. The number of rotatable bonds is 7. The van der Waals surface area contributed by atoms with Gasteiger partial charge in [-0.05, 0) is 44.6 Å². The van der Waals surface area contributed by atoms with Crippen molar-refractivity contribution < 1.29 is 0 Å². The van der Waals surface area contributed by atoms with Gasteiger partial charge in [0.2, 0.25) is 0 Å². The summed E-state index contributed by atoms with van der Waals surface area (Å²) >= 11 is 5.35. The summed E-state index contributed by atoms with van der Waals surface area (Å²) in [6, 6.07) is 0.608. The van der Waals surface area contributed by atoms with Gasteiger partial charge in [-0.2, -0.15) is 0 Å². The lowest BCUT2D eigenvalue weighted by Gasteiger charge is -2.25. The van der Waals surface area contributed by atoms with Crippen LogP contribution in [0, 0.1) is 0 Å². The summed E-state index contributed by atoms with van der Waals surface area (Å²) in [5.41, 5.74) is 0. The minimum Gasteiger partial charge on any atom is -0.361 e. The molecule has 3 nitrogen and oxygen atoms in total. The van der Waals surface area contributed by atoms with Gasteiger partial charge in [-0.15, -0.1) is 0 Å². The minimum absolute atomic E-state index is 0.608. The number of hydrogen-bond donors (Lipinski definition) is 2. The number of nitrogens with one attached hydrogen (secondary N) is 2. The van der Waals surface area contributed by atoms with E-state index in [1.165, 1.54) is 45.1 Å². The van der Waals surface area contributed by atoms with Gasteiger partial charge in [0, 0.05) is 19.1 Å². The van der Waals surface area contributed by atoms with E-state index in [1.807, 2.05) is 0 Å². The lowest BCUT2D eigenvalue weighted by Crippen LogP contribution is -2.45. The average Bonchev–Trinajstić information content (AvgIpc) is 2.39. The van der Waals surface area contributed by atoms with E-state index < -0.39 is 0 Å². The van der Waals surface area contributed by atoms with Crippen LogP contribution < -0.4 is 10.6 Å². The summed E-state index contributed by atoms with van der Waals surface area (Å²) in [4.78, 5) is 2.45. The zero-order valence-corrected chi connectivity index (χ0v) is 12.8. The smallest absolute Gasteiger partial charge is 0.166 e. The summed E-state index contributed by atoms with van der Waals surface area (Å²) in [5, 5.41) is 7.62. The summed E-state index contributed by atoms with van der Waals surface area (Å²) in [7, 11) is 0. The molecule has 0 heterocycles. The lowest BCUT2D eigenvalue weighted by atomic mass is 9.96. The largest absolute Gasteiger partial charge is 0.361 e. The fraction of sp³-hybridized carbons (Fsp3) is 0.929. The van der Waals surface area contributed by atoms with Crippen LogP contribution in [0.5, 0.6) is 0 Å². The highest BCUT2D eigenvalue weighted by Crippen LogP contribution is 2.17. The average molecular weight is 271 g/mol. The second kappa shape index (κ2) is 9.56. The van der Waals surface area contributed by atoms with Crippen LogP contribution in [-0.2, 0) is 0 Å². The Kier molecular flexibility index (Phi) is 8.34. The van der Waals surface area contributed by atoms with Crippen LogP contribution in [-0.4, -0.2) is 42.2 Å². The Hall–Kier alpha value is -0.350. The third-order valence-electron chi connectivity index (χ3n) is 3.64. The predicted molar refractivity (Wildman–Crippen MR) is 83.0 cm³/mol. The first-order valence-corrected chi connectivity index (χ1v) is 7.93. The first-order chi connectivity index (χ1) is 8.76. The molecule has 106 valence electrons. The van der Waals surface area contributed by atoms with Gasteiger partial charge in [-0.25, -0.2) is 0 Å². The first kappa shape index (κ1) is 15.7. The number of nitrogens with zero attached hydrogens (tertiary/aromatic N) is 1. The molecule has 1 aliphatic carbocycles. The molecule has 18 heavy (non-hydrogen) atoms. The highest BCUT2D eigenvalue weighted by Gasteiger charge is 2.13. The number of thiocarbonyl (C=S) groups is 1. The second-order valence-electron chi connectivity index (χ2n) is 5.17. The van der Waals surface area contributed by atoms with Crippen molar-refractivity contribution in [1.82, 2.24) is 15.5 Å². The third kappa shape index (κ3) is 6.55. The third-order valence-corrected chi connectivity index (χ3v) is 3.90. The topological polar surface area (TPSA) is 27.3 Å². The van der Waals surface area contributed by atoms with Crippen LogP contribution in [0.15, 0.2) is 0 Å². The van der Waals surface area contributed by atoms with Crippen molar-refractivity contribution in [2.75, 3.05) is 26.2 Å². The van der Waals surface area contributed by atoms with E-state index in [1.54, 1.807) is 0 Å². The van der Waals surface area contributed by atoms with Gasteiger partial charge in [0.05, 0.1) is 0 Å². The van der Waals surface area contributed by atoms with Crippen LogP contribution in [0.25, 0.3) is 0 Å². The van der Waals surface area contributed by atoms with Crippen molar-refractivity contribution in [3.8, 4) is 0 Å². The quantitative estimate of drug-likeness (QED) is 0.696. The molecule has 1 saturated carbocycles. The zero-order chi connectivity index (χ0) is 13.2. The van der Waals surface area contributed by atoms with E-state index in [4.69, 9.17) is 12.2 Å². The van der Waals surface area contributed by atoms with E-state index in [9.17, 15) is 0 Å². The van der Waals surface area contributed by atoms with Crippen LogP contribution >= 0.6 is 12.2 Å². The molecule has 0 radical (unpaired) electrons. The highest BCUT2D eigenvalue weighted by molar-refractivity contribution is 7.80. The van der Waals surface area contributed by atoms with Gasteiger partial charge in [0.25, 0.3) is 0 Å². The molecule has 0 aromatic rings. The van der Waals surface area contributed by atoms with Crippen molar-refractivity contribution in [2.24, 2.45) is 0 Å². The van der Waals surface area contributed by atoms with Gasteiger partial charge < -0.3 is 15.5 Å². The Morgan fingerprint density at radius 2 is 1.89 bits per heavy atom. The van der Waals surface area contributed by atoms with Gasteiger partial charge >= 0.3 is 0 Å². The molecule has 0 amide bonds. The van der Waals surface area contributed by atoms with Gasteiger partial charge in [0.1, 0.15) is 0 Å². The van der Waals surface area contributed by atoms with E-state index >= 15 is 0 Å². The summed E-state index contributed by atoms with van der Waals surface area (Å²) in [5.74, 6) is 0. The van der Waals surface area contributed by atoms with Gasteiger partial charge in [-0.1, -0.05) is 33.1 Å². The molecule has 0 bridgehead atoms. The van der Waals surface area contributed by atoms with E-state index in [0.717, 1.165) is 24.7 Å². The first-order valence-electron chi connectivity index (χ1n) is 7.53. The molecule has 0 saturated heterocycles. The summed E-state index contributed by atoms with van der Waals surface area (Å²) < 4.78 is 0. The molecule has 0 aromatic carbocycles. The molecule has 1 rings (SSSR count). The maximum Gasteiger partial charge on any atom is 0.166 e. The zero-order valence-electron chi connectivity index (χ0n) is 12.0. The Morgan fingerprint density at radius 3 is 2.50 bits per heavy atom. The molecule has 1 aliphatic rings. The van der Waals surface area contributed by atoms with Crippen LogP contribution in [0.1, 0.15) is 52.4 Å². The fourth-order valence-corrected chi connectivity index (χ4v) is 2.82. The number of likely N-dealkylation sites (N-methyl/N-ethyl adjacent to an activating group) is 1. The van der Waals surface area contributed by atoms with Gasteiger partial charge in [0.15, 0.2) is 5.11 Å². The van der Waals surface area contributed by atoms with Crippen LogP contribution in [0.2, 0.25) is 0 Å². The second-order valence-corrected chi connectivity index (χ2v) is 5.58. The minimum atomic E-state index is 0.608. The maximum absolute atomic E-state index is 5.35. The maximum atomic E-state index is 5.35. The molecule has 1 fully saturated rings. The van der Waals surface area contributed by atoms with E-state index in [2.05, 4.69) is 29.4 Å². The Bertz CT molecular complexity index is 227. The van der Waals surface area contributed by atoms with Crippen LogP contribution in [0.3, 0.4) is 0 Å². The Morgan fingerprint density at radius 1 is 1.17 bits per heavy atom. The predicted octanol–water partition coefficient (Wildman–Crippen LogP) is 2.52. The van der Waals surface area contributed by atoms with E-state index in [-0.39, 0.29) is 0 Å². The van der Waals surface area contributed by atoms with Crippen molar-refractivity contribution in [3.63, 3.8) is 0 Å². The molecular formula is C14H29N3S. The standard InChI is InChI=1S/C14H29N3S/c1-3-11-17(4-2)12-10-15-14(18)16-13-8-6-5-7-9-13/h13H,3-12H2,1-2H3,(H2,15,16,18). The summed E-state index contributed by atoms with van der Waals surface area (Å²) in [6.07, 6.45) is 7.86. The van der Waals surface area contributed by atoms with Crippen molar-refractivity contribution in [2.45, 2.75) is 58.4 Å². The molecule has 0 spiro atoms. The Balaban J connectivity index is 2.08. The van der Waals surface area contributed by atoms with Crippen molar-refractivity contribution in [1.29, 1.82) is 0 Å².